The lowest BCUT2D eigenvalue weighted by Crippen LogP contribution is -2.52. The summed E-state index contributed by atoms with van der Waals surface area (Å²) in [4.78, 5) is 21.0. The minimum Gasteiger partial charge on any atom is -0.368 e. The van der Waals surface area contributed by atoms with Crippen LogP contribution in [0.15, 0.2) is 59.1 Å². The molecule has 150 valence electrons. The number of carbonyl (C=O) groups is 1. The van der Waals surface area contributed by atoms with Crippen LogP contribution >= 0.6 is 0 Å². The molecule has 1 aliphatic heterocycles. The number of hydrogen-bond acceptors (Lipinski definition) is 5. The third-order valence-electron chi connectivity index (χ3n) is 4.94. The molecule has 0 spiro atoms. The molecule has 1 atom stereocenters. The van der Waals surface area contributed by atoms with Crippen molar-refractivity contribution in [1.29, 1.82) is 0 Å². The molecule has 1 aromatic heterocycles. The fraction of sp³-hybridized carbons (Fsp3) is 0.286. The highest BCUT2D eigenvalue weighted by Gasteiger charge is 2.24. The van der Waals surface area contributed by atoms with Crippen molar-refractivity contribution in [3.05, 3.63) is 66.3 Å². The molecule has 1 aliphatic rings. The van der Waals surface area contributed by atoms with E-state index in [2.05, 4.69) is 32.5 Å². The molecule has 0 aliphatic carbocycles. The Morgan fingerprint density at radius 1 is 1.07 bits per heavy atom. The third-order valence-corrected chi connectivity index (χ3v) is 4.94. The highest BCUT2D eigenvalue weighted by atomic mass is 19.1. The minimum atomic E-state index is -0.434. The first-order valence-electron chi connectivity index (χ1n) is 9.55. The van der Waals surface area contributed by atoms with Crippen LogP contribution in [0, 0.1) is 5.82 Å². The van der Waals surface area contributed by atoms with Gasteiger partial charge >= 0.3 is 6.03 Å². The Morgan fingerprint density at radius 3 is 2.45 bits per heavy atom. The van der Waals surface area contributed by atoms with Gasteiger partial charge in [0.25, 0.3) is 0 Å². The zero-order valence-electron chi connectivity index (χ0n) is 16.1. The summed E-state index contributed by atoms with van der Waals surface area (Å²) < 4.78 is 18.3. The Labute approximate surface area is 168 Å². The van der Waals surface area contributed by atoms with Crippen LogP contribution in [0.1, 0.15) is 18.9 Å². The molecule has 1 unspecified atom stereocenters. The van der Waals surface area contributed by atoms with Crippen LogP contribution in [-0.2, 0) is 0 Å². The van der Waals surface area contributed by atoms with E-state index in [1.54, 1.807) is 24.0 Å². The maximum absolute atomic E-state index is 13.1. The van der Waals surface area contributed by atoms with Crippen molar-refractivity contribution in [1.82, 2.24) is 20.4 Å². The largest absolute Gasteiger partial charge is 0.368 e. The third kappa shape index (κ3) is 4.37. The number of carbonyl (C=O) groups excluding carboxylic acids is 1. The molecule has 2 aromatic carbocycles. The summed E-state index contributed by atoms with van der Waals surface area (Å²) in [6.45, 7) is 4.62. The number of aromatic nitrogens is 2. The van der Waals surface area contributed by atoms with Gasteiger partial charge in [0, 0.05) is 37.4 Å². The van der Waals surface area contributed by atoms with Crippen LogP contribution in [0.3, 0.4) is 0 Å². The lowest BCUT2D eigenvalue weighted by atomic mass is 10.2. The normalized spacial score (nSPS) is 15.2. The predicted octanol–water partition coefficient (Wildman–Crippen LogP) is 3.47. The van der Waals surface area contributed by atoms with Gasteiger partial charge in [-0.1, -0.05) is 23.4 Å². The van der Waals surface area contributed by atoms with Crippen LogP contribution in [-0.4, -0.2) is 47.3 Å². The van der Waals surface area contributed by atoms with Gasteiger partial charge in [-0.05, 0) is 43.3 Å². The number of nitrogens with one attached hydrogen (secondary N) is 1. The van der Waals surface area contributed by atoms with E-state index in [1.807, 2.05) is 18.2 Å². The first-order valence-corrected chi connectivity index (χ1v) is 9.55. The number of anilines is 1. The van der Waals surface area contributed by atoms with Gasteiger partial charge < -0.3 is 19.6 Å². The van der Waals surface area contributed by atoms with Gasteiger partial charge in [-0.25, -0.2) is 9.18 Å². The van der Waals surface area contributed by atoms with E-state index >= 15 is 0 Å². The van der Waals surface area contributed by atoms with Crippen molar-refractivity contribution in [3.8, 4) is 11.4 Å². The summed E-state index contributed by atoms with van der Waals surface area (Å²) >= 11 is 0. The molecule has 8 heteroatoms. The van der Waals surface area contributed by atoms with Crippen molar-refractivity contribution < 1.29 is 13.7 Å². The molecule has 29 heavy (non-hydrogen) atoms. The van der Waals surface area contributed by atoms with Crippen molar-refractivity contribution in [2.75, 3.05) is 31.1 Å². The number of piperazine rings is 1. The molecule has 0 bridgehead atoms. The lowest BCUT2D eigenvalue weighted by Gasteiger charge is -2.36. The van der Waals surface area contributed by atoms with Gasteiger partial charge in [0.15, 0.2) is 0 Å². The van der Waals surface area contributed by atoms with Gasteiger partial charge in [-0.15, -0.1) is 0 Å². The van der Waals surface area contributed by atoms with Crippen molar-refractivity contribution >= 4 is 11.7 Å². The Bertz CT molecular complexity index is 953. The topological polar surface area (TPSA) is 74.5 Å². The maximum Gasteiger partial charge on any atom is 0.318 e. The summed E-state index contributed by atoms with van der Waals surface area (Å²) in [7, 11) is 0. The van der Waals surface area contributed by atoms with Crippen molar-refractivity contribution in [2.45, 2.75) is 13.0 Å². The molecule has 1 fully saturated rings. The van der Waals surface area contributed by atoms with Gasteiger partial charge in [-0.3, -0.25) is 0 Å². The molecule has 0 saturated carbocycles. The maximum atomic E-state index is 13.1. The molecular formula is C21H22FN5O2. The molecule has 7 nitrogen and oxygen atoms in total. The average molecular weight is 395 g/mol. The highest BCUT2D eigenvalue weighted by Crippen LogP contribution is 2.20. The van der Waals surface area contributed by atoms with E-state index in [1.165, 1.54) is 17.8 Å². The lowest BCUT2D eigenvalue weighted by molar-refractivity contribution is 0.188. The van der Waals surface area contributed by atoms with Crippen LogP contribution in [0.25, 0.3) is 11.4 Å². The highest BCUT2D eigenvalue weighted by molar-refractivity contribution is 5.75. The van der Waals surface area contributed by atoms with Crippen LogP contribution < -0.4 is 10.2 Å². The fourth-order valence-electron chi connectivity index (χ4n) is 3.27. The fourth-order valence-corrected chi connectivity index (χ4v) is 3.27. The Kier molecular flexibility index (Phi) is 5.41. The molecule has 4 rings (SSSR count). The average Bonchev–Trinajstić information content (AvgIpc) is 3.25. The number of amides is 2. The quantitative estimate of drug-likeness (QED) is 0.732. The number of benzene rings is 2. The van der Waals surface area contributed by atoms with Gasteiger partial charge in [0.05, 0.1) is 0 Å². The molecule has 3 aromatic rings. The van der Waals surface area contributed by atoms with Gasteiger partial charge in [-0.2, -0.15) is 4.98 Å². The smallest absolute Gasteiger partial charge is 0.318 e. The summed E-state index contributed by atoms with van der Waals surface area (Å²) in [5, 5.41) is 6.83. The van der Waals surface area contributed by atoms with E-state index < -0.39 is 6.04 Å². The molecule has 2 amide bonds. The zero-order valence-corrected chi connectivity index (χ0v) is 16.1. The number of halogens is 1. The summed E-state index contributed by atoms with van der Waals surface area (Å²) in [6.07, 6.45) is 0. The SMILES string of the molecule is CC(NC(=O)N1CCN(c2ccccc2)CC1)c1nc(-c2ccc(F)cc2)no1. The number of para-hydroxylation sites is 1. The van der Waals surface area contributed by atoms with E-state index in [0.29, 0.717) is 30.4 Å². The first kappa shape index (κ1) is 18.9. The Morgan fingerprint density at radius 2 is 1.76 bits per heavy atom. The molecule has 1 N–H and O–H groups in total. The Hall–Kier alpha value is -3.42. The zero-order chi connectivity index (χ0) is 20.2. The molecule has 0 radical (unpaired) electrons. The second-order valence-electron chi connectivity index (χ2n) is 6.94. The van der Waals surface area contributed by atoms with E-state index in [9.17, 15) is 9.18 Å². The molecule has 1 saturated heterocycles. The van der Waals surface area contributed by atoms with Crippen LogP contribution in [0.5, 0.6) is 0 Å². The second-order valence-corrected chi connectivity index (χ2v) is 6.94. The minimum absolute atomic E-state index is 0.160. The molecule has 2 heterocycles. The molecular weight excluding hydrogens is 373 g/mol. The van der Waals surface area contributed by atoms with Crippen LogP contribution in [0.4, 0.5) is 14.9 Å². The van der Waals surface area contributed by atoms with E-state index in [-0.39, 0.29) is 11.8 Å². The van der Waals surface area contributed by atoms with Crippen LogP contribution in [0.2, 0.25) is 0 Å². The van der Waals surface area contributed by atoms with Gasteiger partial charge in [0.1, 0.15) is 11.9 Å². The van der Waals surface area contributed by atoms with Crippen molar-refractivity contribution in [3.63, 3.8) is 0 Å². The number of urea groups is 1. The first-order chi connectivity index (χ1) is 14.1. The van der Waals surface area contributed by atoms with Gasteiger partial charge in [0.2, 0.25) is 11.7 Å². The van der Waals surface area contributed by atoms with E-state index in [4.69, 9.17) is 4.52 Å². The van der Waals surface area contributed by atoms with E-state index in [0.717, 1.165) is 13.1 Å². The summed E-state index contributed by atoms with van der Waals surface area (Å²) in [5.74, 6) is 0.337. The predicted molar refractivity (Wildman–Crippen MR) is 107 cm³/mol. The second kappa shape index (κ2) is 8.30. The monoisotopic (exact) mass is 395 g/mol. The summed E-state index contributed by atoms with van der Waals surface area (Å²) in [5.41, 5.74) is 1.82. The number of nitrogens with zero attached hydrogens (tertiary/aromatic N) is 4. The number of rotatable bonds is 4. The Balaban J connectivity index is 1.32. The standard InChI is InChI=1S/C21H22FN5O2/c1-15(20-24-19(25-29-20)16-7-9-17(22)10-8-16)23-21(28)27-13-11-26(12-14-27)18-5-3-2-4-6-18/h2-10,15H,11-14H2,1H3,(H,23,28). The van der Waals surface area contributed by atoms with Crippen molar-refractivity contribution in [2.24, 2.45) is 0 Å². The number of hydrogen-bond donors (Lipinski definition) is 1. The summed E-state index contributed by atoms with van der Waals surface area (Å²) in [6, 6.07) is 15.4.